The van der Waals surface area contributed by atoms with Gasteiger partial charge in [0.15, 0.2) is 0 Å². The Balaban J connectivity index is 1.53. The summed E-state index contributed by atoms with van der Waals surface area (Å²) in [6, 6.07) is 9.41. The van der Waals surface area contributed by atoms with E-state index >= 15 is 0 Å². The molecule has 3 rings (SSSR count). The Labute approximate surface area is 171 Å². The van der Waals surface area contributed by atoms with Gasteiger partial charge in [0.05, 0.1) is 23.8 Å². The van der Waals surface area contributed by atoms with Gasteiger partial charge < -0.3 is 19.5 Å². The molecule has 2 aromatic rings. The first-order valence-corrected chi connectivity index (χ1v) is 9.66. The lowest BCUT2D eigenvalue weighted by molar-refractivity contribution is -0.131. The lowest BCUT2D eigenvalue weighted by atomic mass is 10.1. The molecule has 1 aromatic carbocycles. The van der Waals surface area contributed by atoms with Gasteiger partial charge in [0.25, 0.3) is 11.1 Å². The molecule has 0 saturated carbocycles. The van der Waals surface area contributed by atoms with Crippen LogP contribution in [0.25, 0.3) is 6.08 Å². The molecule has 3 amide bonds. The fourth-order valence-electron chi connectivity index (χ4n) is 2.76. The van der Waals surface area contributed by atoms with Crippen LogP contribution in [0, 0.1) is 0 Å². The van der Waals surface area contributed by atoms with E-state index in [-0.39, 0.29) is 36.1 Å². The molecule has 1 aliphatic rings. The molecule has 0 aliphatic carbocycles. The molecular weight excluding hydrogens is 396 g/mol. The zero-order valence-corrected chi connectivity index (χ0v) is 16.5. The van der Waals surface area contributed by atoms with E-state index in [4.69, 9.17) is 4.42 Å². The number of thioether (sulfide) groups is 1. The van der Waals surface area contributed by atoms with Gasteiger partial charge >= 0.3 is 0 Å². The lowest BCUT2D eigenvalue weighted by Crippen LogP contribution is -2.36. The minimum Gasteiger partial charge on any atom is -0.508 e. The van der Waals surface area contributed by atoms with Crippen LogP contribution >= 0.6 is 11.8 Å². The number of phenols is 1. The van der Waals surface area contributed by atoms with Crippen molar-refractivity contribution in [2.24, 2.45) is 0 Å². The predicted octanol–water partition coefficient (Wildman–Crippen LogP) is 2.60. The van der Waals surface area contributed by atoms with Crippen molar-refractivity contribution in [2.75, 3.05) is 20.1 Å². The first-order valence-electron chi connectivity index (χ1n) is 8.85. The van der Waals surface area contributed by atoms with Crippen molar-refractivity contribution < 1.29 is 29.0 Å². The summed E-state index contributed by atoms with van der Waals surface area (Å²) in [5.41, 5.74) is 0.566. The minimum absolute atomic E-state index is 0.0430. The Morgan fingerprint density at radius 2 is 2.00 bits per heavy atom. The van der Waals surface area contributed by atoms with E-state index in [2.05, 4.69) is 0 Å². The maximum absolute atomic E-state index is 12.4. The normalized spacial score (nSPS) is 16.5. The number of carbonyl (C=O) groups excluding carboxylic acids is 3. The summed E-state index contributed by atoms with van der Waals surface area (Å²) >= 11 is 0.802. The molecule has 2 N–H and O–H groups in total. The molecule has 0 radical (unpaired) electrons. The number of furan rings is 1. The standard InChI is InChI=1S/C20H20N2O6S/c1-21(12-16(24)13-4-6-14(23)7-5-13)18(25)8-9-22-19(26)17(29-20(22)27)11-15-3-2-10-28-15/h2-7,10-11,16,23-24H,8-9,12H2,1H3/b17-11+. The van der Waals surface area contributed by atoms with Crippen LogP contribution in [0.4, 0.5) is 4.79 Å². The summed E-state index contributed by atoms with van der Waals surface area (Å²) < 4.78 is 5.15. The number of hydrogen-bond acceptors (Lipinski definition) is 7. The van der Waals surface area contributed by atoms with E-state index in [1.54, 1.807) is 24.3 Å². The van der Waals surface area contributed by atoms with E-state index in [9.17, 15) is 24.6 Å². The number of aliphatic hydroxyl groups is 1. The van der Waals surface area contributed by atoms with Gasteiger partial charge in [-0.15, -0.1) is 0 Å². The number of imide groups is 1. The number of aliphatic hydroxyl groups excluding tert-OH is 1. The third-order valence-corrected chi connectivity index (χ3v) is 5.30. The Morgan fingerprint density at radius 1 is 1.28 bits per heavy atom. The quantitative estimate of drug-likeness (QED) is 0.668. The Kier molecular flexibility index (Phi) is 6.40. The number of benzene rings is 1. The zero-order chi connectivity index (χ0) is 21.0. The second-order valence-electron chi connectivity index (χ2n) is 6.48. The van der Waals surface area contributed by atoms with Crippen LogP contribution in [0.5, 0.6) is 5.75 Å². The van der Waals surface area contributed by atoms with Crippen LogP contribution in [-0.2, 0) is 9.59 Å². The summed E-state index contributed by atoms with van der Waals surface area (Å²) in [7, 11) is 1.54. The number of nitrogens with zero attached hydrogens (tertiary/aromatic N) is 2. The minimum atomic E-state index is -0.919. The second kappa shape index (κ2) is 8.97. The average Bonchev–Trinajstić information content (AvgIpc) is 3.29. The maximum Gasteiger partial charge on any atom is 0.293 e. The number of phenolic OH excluding ortho intramolecular Hbond substituents is 1. The van der Waals surface area contributed by atoms with Crippen molar-refractivity contribution >= 4 is 34.9 Å². The van der Waals surface area contributed by atoms with E-state index in [1.807, 2.05) is 0 Å². The van der Waals surface area contributed by atoms with E-state index in [1.165, 1.54) is 36.4 Å². The molecule has 0 bridgehead atoms. The number of aromatic hydroxyl groups is 1. The van der Waals surface area contributed by atoms with Gasteiger partial charge in [-0.25, -0.2) is 0 Å². The van der Waals surface area contributed by atoms with Gasteiger partial charge in [0, 0.05) is 26.1 Å². The highest BCUT2D eigenvalue weighted by Crippen LogP contribution is 2.32. The summed E-state index contributed by atoms with van der Waals surface area (Å²) in [6.45, 7) is 0.00252. The smallest absolute Gasteiger partial charge is 0.293 e. The number of hydrogen-bond donors (Lipinski definition) is 2. The molecule has 0 spiro atoms. The zero-order valence-electron chi connectivity index (χ0n) is 15.6. The largest absolute Gasteiger partial charge is 0.508 e. The number of amides is 3. The van der Waals surface area contributed by atoms with Crippen LogP contribution in [0.3, 0.4) is 0 Å². The summed E-state index contributed by atoms with van der Waals surface area (Å²) in [6.07, 6.45) is 1.99. The van der Waals surface area contributed by atoms with Crippen molar-refractivity contribution in [1.29, 1.82) is 0 Å². The molecule has 2 heterocycles. The molecule has 1 fully saturated rings. The molecule has 1 aliphatic heterocycles. The second-order valence-corrected chi connectivity index (χ2v) is 7.47. The SMILES string of the molecule is CN(CC(O)c1ccc(O)cc1)C(=O)CCN1C(=O)S/C(=C/c2ccco2)C1=O. The van der Waals surface area contributed by atoms with Gasteiger partial charge in [-0.3, -0.25) is 19.3 Å². The molecule has 1 aromatic heterocycles. The molecule has 152 valence electrons. The van der Waals surface area contributed by atoms with Crippen molar-refractivity contribution in [1.82, 2.24) is 9.80 Å². The Hall–Kier alpha value is -3.04. The van der Waals surface area contributed by atoms with Crippen LogP contribution < -0.4 is 0 Å². The third-order valence-electron chi connectivity index (χ3n) is 4.39. The predicted molar refractivity (Wildman–Crippen MR) is 107 cm³/mol. The van der Waals surface area contributed by atoms with E-state index in [0.29, 0.717) is 11.3 Å². The van der Waals surface area contributed by atoms with Crippen molar-refractivity contribution in [3.05, 3.63) is 58.9 Å². The van der Waals surface area contributed by atoms with Gasteiger partial charge in [0.2, 0.25) is 5.91 Å². The van der Waals surface area contributed by atoms with Gasteiger partial charge in [-0.05, 0) is 41.6 Å². The van der Waals surface area contributed by atoms with Gasteiger partial charge in [-0.1, -0.05) is 12.1 Å². The molecule has 1 saturated heterocycles. The van der Waals surface area contributed by atoms with Crippen molar-refractivity contribution in [2.45, 2.75) is 12.5 Å². The molecule has 8 nitrogen and oxygen atoms in total. The van der Waals surface area contributed by atoms with Crippen molar-refractivity contribution in [3.8, 4) is 5.75 Å². The summed E-state index contributed by atoms with van der Waals surface area (Å²) in [5.74, 6) is -0.217. The topological polar surface area (TPSA) is 111 Å². The Morgan fingerprint density at radius 3 is 2.66 bits per heavy atom. The number of rotatable bonds is 7. The monoisotopic (exact) mass is 416 g/mol. The third kappa shape index (κ3) is 5.07. The van der Waals surface area contributed by atoms with Crippen LogP contribution in [-0.4, -0.2) is 57.2 Å². The highest BCUT2D eigenvalue weighted by molar-refractivity contribution is 8.18. The highest BCUT2D eigenvalue weighted by Gasteiger charge is 2.35. The molecule has 1 atom stereocenters. The number of likely N-dealkylation sites (N-methyl/N-ethyl adjacent to an activating group) is 1. The van der Waals surface area contributed by atoms with Crippen LogP contribution in [0.1, 0.15) is 23.8 Å². The van der Waals surface area contributed by atoms with Gasteiger partial charge in [0.1, 0.15) is 11.5 Å². The first-order chi connectivity index (χ1) is 13.8. The molecular formula is C20H20N2O6S. The van der Waals surface area contributed by atoms with Gasteiger partial charge in [-0.2, -0.15) is 0 Å². The Bertz CT molecular complexity index is 923. The highest BCUT2D eigenvalue weighted by atomic mass is 32.2. The molecule has 9 heteroatoms. The maximum atomic E-state index is 12.4. The fraction of sp³-hybridized carbons (Fsp3) is 0.250. The summed E-state index contributed by atoms with van der Waals surface area (Å²) in [5, 5.41) is 19.1. The molecule has 29 heavy (non-hydrogen) atoms. The first kappa shape index (κ1) is 20.7. The fourth-order valence-corrected chi connectivity index (χ4v) is 3.60. The van der Waals surface area contributed by atoms with E-state index < -0.39 is 17.3 Å². The van der Waals surface area contributed by atoms with E-state index in [0.717, 1.165) is 16.7 Å². The summed E-state index contributed by atoms with van der Waals surface area (Å²) in [4.78, 5) is 39.5. The average molecular weight is 416 g/mol. The van der Waals surface area contributed by atoms with Crippen LogP contribution in [0.15, 0.2) is 52.0 Å². The van der Waals surface area contributed by atoms with Crippen molar-refractivity contribution in [3.63, 3.8) is 0 Å². The number of carbonyl (C=O) groups is 3. The van der Waals surface area contributed by atoms with Crippen LogP contribution in [0.2, 0.25) is 0 Å². The molecule has 1 unspecified atom stereocenters. The lowest BCUT2D eigenvalue weighted by Gasteiger charge is -2.22.